The lowest BCUT2D eigenvalue weighted by Crippen LogP contribution is -2.11. The molecule has 0 saturated carbocycles. The minimum Gasteiger partial charge on any atom is -0.478 e. The van der Waals surface area contributed by atoms with Gasteiger partial charge >= 0.3 is 17.9 Å². The van der Waals surface area contributed by atoms with Crippen molar-refractivity contribution in [1.82, 2.24) is 0 Å². The normalized spacial score (nSPS) is 10.9. The predicted octanol–water partition coefficient (Wildman–Crippen LogP) is 2.91. The highest BCUT2D eigenvalue weighted by Gasteiger charge is 2.20. The van der Waals surface area contributed by atoms with Crippen molar-refractivity contribution in [3.05, 3.63) is 47.6 Å². The van der Waals surface area contributed by atoms with Gasteiger partial charge in [-0.25, -0.2) is 4.79 Å². The fraction of sp³-hybridized carbons (Fsp3) is 0.235. The molecule has 1 N–H and O–H groups in total. The fourth-order valence-electron chi connectivity index (χ4n) is 1.84. The minimum atomic E-state index is -1.28. The van der Waals surface area contributed by atoms with Crippen LogP contribution in [0.15, 0.2) is 36.4 Å². The van der Waals surface area contributed by atoms with Gasteiger partial charge in [0.15, 0.2) is 0 Å². The lowest BCUT2D eigenvalue weighted by atomic mass is 10.0. The third kappa shape index (κ3) is 5.78. The van der Waals surface area contributed by atoms with E-state index in [-0.39, 0.29) is 17.1 Å². The second-order valence-corrected chi connectivity index (χ2v) is 4.61. The number of benzene rings is 1. The van der Waals surface area contributed by atoms with Crippen LogP contribution in [-0.4, -0.2) is 23.0 Å². The van der Waals surface area contributed by atoms with Gasteiger partial charge in [-0.1, -0.05) is 24.3 Å². The van der Waals surface area contributed by atoms with Crippen molar-refractivity contribution in [1.29, 1.82) is 0 Å². The van der Waals surface area contributed by atoms with Crippen LogP contribution < -0.4 is 9.47 Å². The van der Waals surface area contributed by atoms with Crippen molar-refractivity contribution in [3.8, 4) is 11.5 Å². The highest BCUT2D eigenvalue weighted by atomic mass is 16.5. The molecule has 0 bridgehead atoms. The van der Waals surface area contributed by atoms with Crippen molar-refractivity contribution < 1.29 is 29.0 Å². The van der Waals surface area contributed by atoms with Gasteiger partial charge in [0.1, 0.15) is 17.1 Å². The monoisotopic (exact) mass is 318 g/mol. The Balaban J connectivity index is 3.38. The van der Waals surface area contributed by atoms with Gasteiger partial charge in [0.25, 0.3) is 0 Å². The first-order chi connectivity index (χ1) is 10.8. The van der Waals surface area contributed by atoms with E-state index in [9.17, 15) is 19.5 Å². The zero-order chi connectivity index (χ0) is 17.4. The number of carboxylic acid groups (broad SMARTS) is 1. The summed E-state index contributed by atoms with van der Waals surface area (Å²) < 4.78 is 10.00. The minimum absolute atomic E-state index is 0.0500. The number of esters is 2. The van der Waals surface area contributed by atoms with E-state index >= 15 is 0 Å². The highest BCUT2D eigenvalue weighted by Crippen LogP contribution is 2.31. The number of carbonyl (C=O) groups is 3. The van der Waals surface area contributed by atoms with Gasteiger partial charge in [0.05, 0.1) is 0 Å². The lowest BCUT2D eigenvalue weighted by molar-refractivity contribution is -0.133. The van der Waals surface area contributed by atoms with Crippen molar-refractivity contribution >= 4 is 17.9 Å². The number of rotatable bonds is 6. The Hall–Kier alpha value is -2.89. The number of allylic oxidation sites excluding steroid dienone is 4. The molecular weight excluding hydrogens is 300 g/mol. The molecule has 6 heteroatoms. The van der Waals surface area contributed by atoms with Crippen molar-refractivity contribution in [2.75, 3.05) is 0 Å². The Kier molecular flexibility index (Phi) is 6.73. The average Bonchev–Trinajstić information content (AvgIpc) is 2.44. The maximum absolute atomic E-state index is 11.4. The number of aromatic carboxylic acids is 1. The number of hydrogen-bond donors (Lipinski definition) is 1. The zero-order valence-corrected chi connectivity index (χ0v) is 13.2. The van der Waals surface area contributed by atoms with E-state index in [4.69, 9.17) is 9.47 Å². The van der Waals surface area contributed by atoms with E-state index in [1.165, 1.54) is 19.9 Å². The second-order valence-electron chi connectivity index (χ2n) is 4.61. The first-order valence-electron chi connectivity index (χ1n) is 6.90. The quantitative estimate of drug-likeness (QED) is 0.493. The third-order valence-electron chi connectivity index (χ3n) is 2.65. The molecule has 0 atom stereocenters. The third-order valence-corrected chi connectivity index (χ3v) is 2.65. The zero-order valence-electron chi connectivity index (χ0n) is 13.2. The summed E-state index contributed by atoms with van der Waals surface area (Å²) in [5, 5.41) is 9.31. The Morgan fingerprint density at radius 3 is 2.26 bits per heavy atom. The molecule has 1 aromatic rings. The molecule has 0 unspecified atom stereocenters. The molecule has 0 aromatic heterocycles. The van der Waals surface area contributed by atoms with Crippen molar-refractivity contribution in [3.63, 3.8) is 0 Å². The Labute approximate surface area is 134 Å². The van der Waals surface area contributed by atoms with Crippen LogP contribution in [0.3, 0.4) is 0 Å². The van der Waals surface area contributed by atoms with Gasteiger partial charge in [-0.05, 0) is 25.5 Å². The van der Waals surface area contributed by atoms with E-state index in [0.717, 1.165) is 6.07 Å². The van der Waals surface area contributed by atoms with E-state index < -0.39 is 17.9 Å². The van der Waals surface area contributed by atoms with Crippen LogP contribution in [0.1, 0.15) is 36.7 Å². The Bertz CT molecular complexity index is 670. The van der Waals surface area contributed by atoms with Gasteiger partial charge in [-0.15, -0.1) is 0 Å². The van der Waals surface area contributed by atoms with Crippen LogP contribution in [-0.2, 0) is 16.0 Å². The van der Waals surface area contributed by atoms with Crippen LogP contribution in [0.25, 0.3) is 0 Å². The molecule has 0 amide bonds. The Morgan fingerprint density at radius 2 is 1.74 bits per heavy atom. The van der Waals surface area contributed by atoms with Crippen LogP contribution in [0, 0.1) is 0 Å². The molecule has 23 heavy (non-hydrogen) atoms. The van der Waals surface area contributed by atoms with Gasteiger partial charge in [-0.2, -0.15) is 0 Å². The fourth-order valence-corrected chi connectivity index (χ4v) is 1.84. The largest absolute Gasteiger partial charge is 0.478 e. The Morgan fingerprint density at radius 1 is 1.09 bits per heavy atom. The second kappa shape index (κ2) is 8.53. The number of carboxylic acids is 1. The standard InChI is InChI=1S/C17H18O6/c1-4-5-6-7-8-13-9-14(22-11(2)18)10-15(17(20)21)16(13)23-12(3)19/h4-7,9-10H,8H2,1-3H3,(H,20,21). The van der Waals surface area contributed by atoms with Gasteiger partial charge in [-0.3, -0.25) is 9.59 Å². The molecule has 0 aliphatic heterocycles. The van der Waals surface area contributed by atoms with E-state index in [0.29, 0.717) is 12.0 Å². The lowest BCUT2D eigenvalue weighted by Gasteiger charge is -2.13. The van der Waals surface area contributed by atoms with Crippen LogP contribution >= 0.6 is 0 Å². The summed E-state index contributed by atoms with van der Waals surface area (Å²) in [7, 11) is 0. The van der Waals surface area contributed by atoms with Gasteiger partial charge in [0.2, 0.25) is 0 Å². The summed E-state index contributed by atoms with van der Waals surface area (Å²) in [6.45, 7) is 4.26. The maximum Gasteiger partial charge on any atom is 0.339 e. The van der Waals surface area contributed by atoms with Crippen LogP contribution in [0.5, 0.6) is 11.5 Å². The molecule has 0 saturated heterocycles. The molecule has 0 aliphatic rings. The van der Waals surface area contributed by atoms with Crippen molar-refractivity contribution in [2.24, 2.45) is 0 Å². The van der Waals surface area contributed by atoms with E-state index in [1.807, 2.05) is 13.0 Å². The summed E-state index contributed by atoms with van der Waals surface area (Å²) in [5.41, 5.74) is 0.186. The topological polar surface area (TPSA) is 89.9 Å². The molecule has 0 heterocycles. The molecule has 1 rings (SSSR count). The molecule has 0 fully saturated rings. The summed E-state index contributed by atoms with van der Waals surface area (Å²) in [6.07, 6.45) is 7.49. The first-order valence-corrected chi connectivity index (χ1v) is 6.90. The molecule has 0 spiro atoms. The summed E-state index contributed by atoms with van der Waals surface area (Å²) in [4.78, 5) is 33.7. The van der Waals surface area contributed by atoms with Crippen LogP contribution in [0.2, 0.25) is 0 Å². The summed E-state index contributed by atoms with van der Waals surface area (Å²) in [5.74, 6) is -2.45. The maximum atomic E-state index is 11.4. The number of hydrogen-bond acceptors (Lipinski definition) is 5. The number of carbonyl (C=O) groups excluding carboxylic acids is 2. The van der Waals surface area contributed by atoms with Gasteiger partial charge in [0, 0.05) is 19.4 Å². The molecule has 1 aromatic carbocycles. The molecule has 6 nitrogen and oxygen atoms in total. The average molecular weight is 318 g/mol. The molecule has 0 radical (unpaired) electrons. The molecule has 0 aliphatic carbocycles. The summed E-state index contributed by atoms with van der Waals surface area (Å²) in [6, 6.07) is 2.63. The van der Waals surface area contributed by atoms with E-state index in [2.05, 4.69) is 0 Å². The molecular formula is C17H18O6. The van der Waals surface area contributed by atoms with Crippen LogP contribution in [0.4, 0.5) is 0 Å². The SMILES string of the molecule is CC=CC=CCc1cc(OC(C)=O)cc(C(=O)O)c1OC(C)=O. The predicted molar refractivity (Wildman–Crippen MR) is 83.7 cm³/mol. The van der Waals surface area contributed by atoms with Crippen molar-refractivity contribution in [2.45, 2.75) is 27.2 Å². The summed E-state index contributed by atoms with van der Waals surface area (Å²) >= 11 is 0. The number of ether oxygens (including phenoxy) is 2. The van der Waals surface area contributed by atoms with Gasteiger partial charge < -0.3 is 14.6 Å². The van der Waals surface area contributed by atoms with E-state index in [1.54, 1.807) is 18.2 Å². The smallest absolute Gasteiger partial charge is 0.339 e. The molecule has 122 valence electrons. The highest BCUT2D eigenvalue weighted by molar-refractivity contribution is 5.93. The first kappa shape index (κ1) is 18.2.